The molecule has 0 heterocycles. The summed E-state index contributed by atoms with van der Waals surface area (Å²) in [5.41, 5.74) is -0.661. The van der Waals surface area contributed by atoms with E-state index in [0.717, 1.165) is 19.4 Å². The molecule has 2 atom stereocenters. The fourth-order valence-corrected chi connectivity index (χ4v) is 2.94. The van der Waals surface area contributed by atoms with Crippen LogP contribution in [-0.2, 0) is 14.3 Å². The highest BCUT2D eigenvalue weighted by Crippen LogP contribution is 2.21. The van der Waals surface area contributed by atoms with Gasteiger partial charge in [0.1, 0.15) is 5.54 Å². The molecular weight excluding hydrogens is 268 g/mol. The van der Waals surface area contributed by atoms with Crippen molar-refractivity contribution in [3.8, 4) is 0 Å². The third-order valence-corrected chi connectivity index (χ3v) is 4.42. The van der Waals surface area contributed by atoms with Gasteiger partial charge in [0.2, 0.25) is 0 Å². The van der Waals surface area contributed by atoms with Crippen LogP contribution < -0.4 is 5.32 Å². The summed E-state index contributed by atoms with van der Waals surface area (Å²) < 4.78 is 10.2. The van der Waals surface area contributed by atoms with Gasteiger partial charge in [-0.25, -0.2) is 0 Å². The molecule has 1 N–H and O–H groups in total. The predicted octanol–water partition coefficient (Wildman–Crippen LogP) is 2.05. The van der Waals surface area contributed by atoms with Crippen LogP contribution in [0.2, 0.25) is 0 Å². The Hall–Kier alpha value is -0.650. The van der Waals surface area contributed by atoms with Crippen LogP contribution in [0.5, 0.6) is 0 Å². The van der Waals surface area contributed by atoms with E-state index < -0.39 is 5.54 Å². The average Bonchev–Trinajstić information content (AvgIpc) is 2.50. The van der Waals surface area contributed by atoms with Crippen molar-refractivity contribution in [1.29, 1.82) is 0 Å². The molecule has 0 spiro atoms. The average molecular weight is 302 g/mol. The Labute approximate surface area is 130 Å². The number of rotatable bonds is 11. The molecule has 2 unspecified atom stereocenters. The molecular formula is C16H34N2O3. The Kier molecular flexibility index (Phi) is 9.83. The van der Waals surface area contributed by atoms with Gasteiger partial charge in [-0.2, -0.15) is 0 Å². The number of likely N-dealkylation sites (N-methyl/N-ethyl adjacent to an activating group) is 1. The van der Waals surface area contributed by atoms with Gasteiger partial charge < -0.3 is 14.8 Å². The number of nitrogens with one attached hydrogen (secondary N) is 1. The summed E-state index contributed by atoms with van der Waals surface area (Å²) in [5.74, 6) is -0.215. The molecule has 0 saturated carbocycles. The van der Waals surface area contributed by atoms with Crippen LogP contribution in [0.4, 0.5) is 0 Å². The molecule has 0 aromatic heterocycles. The molecule has 0 bridgehead atoms. The second-order valence-electron chi connectivity index (χ2n) is 5.83. The van der Waals surface area contributed by atoms with Gasteiger partial charge in [-0.15, -0.1) is 0 Å². The van der Waals surface area contributed by atoms with Crippen molar-refractivity contribution in [3.05, 3.63) is 0 Å². The van der Waals surface area contributed by atoms with Crippen LogP contribution in [0.25, 0.3) is 0 Å². The number of hydrogen-bond donors (Lipinski definition) is 1. The maximum absolute atomic E-state index is 12.0. The van der Waals surface area contributed by atoms with Crippen molar-refractivity contribution in [2.45, 2.75) is 64.6 Å². The topological polar surface area (TPSA) is 50.8 Å². The Morgan fingerprint density at radius 1 is 1.29 bits per heavy atom. The Morgan fingerprint density at radius 2 is 1.86 bits per heavy atom. The summed E-state index contributed by atoms with van der Waals surface area (Å²) in [6.07, 6.45) is 2.90. The fourth-order valence-electron chi connectivity index (χ4n) is 2.94. The normalized spacial score (nSPS) is 16.0. The number of esters is 1. The standard InChI is InChI=1S/C16H34N2O3/c1-8-14(9-2)18(10-11-20-6)13(3)12-16(4,17-5)15(19)21-7/h13-14,17H,8-12H2,1-7H3. The minimum Gasteiger partial charge on any atom is -0.468 e. The van der Waals surface area contributed by atoms with E-state index >= 15 is 0 Å². The van der Waals surface area contributed by atoms with Gasteiger partial charge >= 0.3 is 5.97 Å². The number of carbonyl (C=O) groups excluding carboxylic acids is 1. The lowest BCUT2D eigenvalue weighted by atomic mass is 9.92. The second kappa shape index (κ2) is 10.1. The van der Waals surface area contributed by atoms with E-state index in [-0.39, 0.29) is 12.0 Å². The van der Waals surface area contributed by atoms with Gasteiger partial charge in [0.15, 0.2) is 0 Å². The van der Waals surface area contributed by atoms with Crippen molar-refractivity contribution in [1.82, 2.24) is 10.2 Å². The first-order valence-electron chi connectivity index (χ1n) is 7.92. The number of carbonyl (C=O) groups is 1. The van der Waals surface area contributed by atoms with Crippen LogP contribution in [0.15, 0.2) is 0 Å². The van der Waals surface area contributed by atoms with Crippen molar-refractivity contribution in [3.63, 3.8) is 0 Å². The maximum atomic E-state index is 12.0. The first-order valence-corrected chi connectivity index (χ1v) is 7.92. The lowest BCUT2D eigenvalue weighted by Gasteiger charge is -2.39. The van der Waals surface area contributed by atoms with E-state index in [2.05, 4.69) is 31.0 Å². The molecule has 0 aromatic carbocycles. The number of hydrogen-bond acceptors (Lipinski definition) is 5. The fraction of sp³-hybridized carbons (Fsp3) is 0.938. The van der Waals surface area contributed by atoms with E-state index in [4.69, 9.17) is 9.47 Å². The van der Waals surface area contributed by atoms with Crippen molar-refractivity contribution in [2.24, 2.45) is 0 Å². The highest BCUT2D eigenvalue weighted by atomic mass is 16.5. The third-order valence-electron chi connectivity index (χ3n) is 4.42. The largest absolute Gasteiger partial charge is 0.468 e. The summed E-state index contributed by atoms with van der Waals surface area (Å²) >= 11 is 0. The molecule has 0 saturated heterocycles. The van der Waals surface area contributed by atoms with Crippen LogP contribution in [0.1, 0.15) is 47.0 Å². The number of nitrogens with zero attached hydrogens (tertiary/aromatic N) is 1. The minimum atomic E-state index is -0.661. The molecule has 0 aliphatic rings. The summed E-state index contributed by atoms with van der Waals surface area (Å²) in [5, 5.41) is 3.11. The van der Waals surface area contributed by atoms with Crippen molar-refractivity contribution < 1.29 is 14.3 Å². The van der Waals surface area contributed by atoms with Crippen LogP contribution in [0.3, 0.4) is 0 Å². The zero-order chi connectivity index (χ0) is 16.5. The molecule has 0 aliphatic carbocycles. The number of ether oxygens (including phenoxy) is 2. The summed E-state index contributed by atoms with van der Waals surface area (Å²) in [6.45, 7) is 10.1. The van der Waals surface area contributed by atoms with Crippen LogP contribution >= 0.6 is 0 Å². The van der Waals surface area contributed by atoms with E-state index in [1.165, 1.54) is 7.11 Å². The molecule has 5 nitrogen and oxygen atoms in total. The zero-order valence-electron chi connectivity index (χ0n) is 14.9. The van der Waals surface area contributed by atoms with Gasteiger partial charge in [-0.05, 0) is 40.2 Å². The van der Waals surface area contributed by atoms with Gasteiger partial charge in [-0.1, -0.05) is 13.8 Å². The number of methoxy groups -OCH3 is 2. The molecule has 0 amide bonds. The summed E-state index contributed by atoms with van der Waals surface area (Å²) in [6, 6.07) is 0.774. The van der Waals surface area contributed by atoms with Crippen molar-refractivity contribution >= 4 is 5.97 Å². The van der Waals surface area contributed by atoms with E-state index in [1.807, 2.05) is 6.92 Å². The first kappa shape index (κ1) is 20.3. The van der Waals surface area contributed by atoms with Gasteiger partial charge in [0, 0.05) is 25.7 Å². The van der Waals surface area contributed by atoms with E-state index in [9.17, 15) is 4.79 Å². The molecule has 0 aliphatic heterocycles. The van der Waals surface area contributed by atoms with Gasteiger partial charge in [-0.3, -0.25) is 9.69 Å². The summed E-state index contributed by atoms with van der Waals surface area (Å²) in [4.78, 5) is 14.5. The molecule has 5 heteroatoms. The Morgan fingerprint density at radius 3 is 2.24 bits per heavy atom. The van der Waals surface area contributed by atoms with E-state index in [1.54, 1.807) is 14.2 Å². The molecule has 0 radical (unpaired) electrons. The lowest BCUT2D eigenvalue weighted by Crippen LogP contribution is -2.54. The lowest BCUT2D eigenvalue weighted by molar-refractivity contribution is -0.148. The van der Waals surface area contributed by atoms with Crippen LogP contribution in [0, 0.1) is 0 Å². The van der Waals surface area contributed by atoms with Crippen molar-refractivity contribution in [2.75, 3.05) is 34.4 Å². The van der Waals surface area contributed by atoms with Crippen LogP contribution in [-0.4, -0.2) is 62.9 Å². The SMILES string of the molecule is CCC(CC)N(CCOC)C(C)CC(C)(NC)C(=O)OC. The monoisotopic (exact) mass is 302 g/mol. The smallest absolute Gasteiger partial charge is 0.325 e. The third kappa shape index (κ3) is 5.93. The second-order valence-corrected chi connectivity index (χ2v) is 5.83. The molecule has 0 rings (SSSR count). The van der Waals surface area contributed by atoms with Gasteiger partial charge in [0.25, 0.3) is 0 Å². The Bertz CT molecular complexity index is 295. The highest BCUT2D eigenvalue weighted by Gasteiger charge is 2.36. The zero-order valence-corrected chi connectivity index (χ0v) is 14.9. The van der Waals surface area contributed by atoms with E-state index in [0.29, 0.717) is 19.1 Å². The quantitative estimate of drug-likeness (QED) is 0.592. The molecule has 0 aromatic rings. The molecule has 0 fully saturated rings. The predicted molar refractivity (Wildman–Crippen MR) is 86.5 cm³/mol. The summed E-state index contributed by atoms with van der Waals surface area (Å²) in [7, 11) is 4.97. The Balaban J connectivity index is 5.00. The maximum Gasteiger partial charge on any atom is 0.325 e. The first-order chi connectivity index (χ1) is 9.89. The molecule has 126 valence electrons. The minimum absolute atomic E-state index is 0.215. The highest BCUT2D eigenvalue weighted by molar-refractivity contribution is 5.80. The molecule has 21 heavy (non-hydrogen) atoms. The van der Waals surface area contributed by atoms with Gasteiger partial charge in [0.05, 0.1) is 13.7 Å².